The van der Waals surface area contributed by atoms with Crippen LogP contribution in [-0.2, 0) is 6.54 Å². The highest BCUT2D eigenvalue weighted by atomic mass is 32.1. The van der Waals surface area contributed by atoms with Gasteiger partial charge in [-0.25, -0.2) is 9.97 Å². The number of piperidine rings is 1. The molecule has 1 saturated heterocycles. The summed E-state index contributed by atoms with van der Waals surface area (Å²) in [6.45, 7) is 3.42. The molecule has 4 heterocycles. The number of aliphatic hydroxyl groups excluding tert-OH is 1. The molecule has 0 aromatic carbocycles. The Morgan fingerprint density at radius 3 is 2.89 bits per heavy atom. The van der Waals surface area contributed by atoms with E-state index in [2.05, 4.69) is 25.2 Å². The molecule has 11 heteroatoms. The van der Waals surface area contributed by atoms with E-state index in [1.54, 1.807) is 17.5 Å². The van der Waals surface area contributed by atoms with Crippen LogP contribution in [0.1, 0.15) is 40.2 Å². The Morgan fingerprint density at radius 1 is 1.33 bits per heavy atom. The monoisotopic (exact) mass is 507 g/mol. The number of ether oxygens (including phenoxy) is 1. The van der Waals surface area contributed by atoms with Gasteiger partial charge in [0, 0.05) is 43.4 Å². The number of nitriles is 1. The topological polar surface area (TPSA) is 150 Å². The average molecular weight is 508 g/mol. The maximum absolute atomic E-state index is 12.7. The second kappa shape index (κ2) is 12.4. The van der Waals surface area contributed by atoms with Gasteiger partial charge in [0.1, 0.15) is 22.3 Å². The van der Waals surface area contributed by atoms with Crippen LogP contribution in [0.4, 0.5) is 5.69 Å². The molecule has 4 rings (SSSR count). The van der Waals surface area contributed by atoms with Crippen molar-refractivity contribution in [1.82, 2.24) is 25.2 Å². The highest BCUT2D eigenvalue weighted by Gasteiger charge is 2.22. The summed E-state index contributed by atoms with van der Waals surface area (Å²) < 4.78 is 5.46. The fourth-order valence-electron chi connectivity index (χ4n) is 3.99. The van der Waals surface area contributed by atoms with E-state index in [9.17, 15) is 10.1 Å². The lowest BCUT2D eigenvalue weighted by Gasteiger charge is -2.31. The number of carbonyl (C=O) groups excluding carboxylic acids is 1. The van der Waals surface area contributed by atoms with Crippen LogP contribution in [0.15, 0.2) is 36.7 Å². The van der Waals surface area contributed by atoms with Crippen molar-refractivity contribution in [3.05, 3.63) is 52.8 Å². The lowest BCUT2D eigenvalue weighted by molar-refractivity contribution is 0.0929. The van der Waals surface area contributed by atoms with Gasteiger partial charge < -0.3 is 20.9 Å². The van der Waals surface area contributed by atoms with Gasteiger partial charge >= 0.3 is 0 Å². The Morgan fingerprint density at radius 2 is 2.17 bits per heavy atom. The van der Waals surface area contributed by atoms with Gasteiger partial charge in [-0.2, -0.15) is 5.26 Å². The van der Waals surface area contributed by atoms with E-state index >= 15 is 0 Å². The number of pyridine rings is 2. The predicted molar refractivity (Wildman–Crippen MR) is 136 cm³/mol. The van der Waals surface area contributed by atoms with E-state index in [0.717, 1.165) is 43.2 Å². The highest BCUT2D eigenvalue weighted by molar-refractivity contribution is 7.14. The summed E-state index contributed by atoms with van der Waals surface area (Å²) in [5, 5.41) is 22.1. The Bertz CT molecular complexity index is 1200. The number of anilines is 1. The normalized spacial score (nSPS) is 14.3. The Labute approximate surface area is 213 Å². The fourth-order valence-corrected chi connectivity index (χ4v) is 4.92. The minimum Gasteiger partial charge on any atom is -0.477 e. The number of carbonyl (C=O) groups is 1. The molecular formula is C25H29N7O3S. The number of thiazole rings is 1. The smallest absolute Gasteiger partial charge is 0.270 e. The van der Waals surface area contributed by atoms with E-state index in [1.165, 1.54) is 10.9 Å². The summed E-state index contributed by atoms with van der Waals surface area (Å²) in [6.07, 6.45) is 6.04. The molecule has 0 saturated carbocycles. The number of rotatable bonds is 10. The number of nitrogens with one attached hydrogen (secondary N) is 1. The molecule has 0 bridgehead atoms. The second-order valence-electron chi connectivity index (χ2n) is 8.59. The molecule has 188 valence electrons. The number of likely N-dealkylation sites (tertiary alicyclic amines) is 1. The van der Waals surface area contributed by atoms with Crippen molar-refractivity contribution in [2.75, 3.05) is 38.6 Å². The summed E-state index contributed by atoms with van der Waals surface area (Å²) in [6, 6.07) is 9.17. The molecule has 1 amide bonds. The second-order valence-corrected chi connectivity index (χ2v) is 9.71. The zero-order valence-electron chi connectivity index (χ0n) is 19.9. The van der Waals surface area contributed by atoms with Crippen LogP contribution in [-0.4, -0.2) is 63.7 Å². The van der Waals surface area contributed by atoms with Crippen LogP contribution in [0.5, 0.6) is 5.88 Å². The van der Waals surface area contributed by atoms with Crippen LogP contribution in [0.2, 0.25) is 0 Å². The van der Waals surface area contributed by atoms with Gasteiger partial charge in [-0.3, -0.25) is 14.7 Å². The van der Waals surface area contributed by atoms with E-state index < -0.39 is 0 Å². The van der Waals surface area contributed by atoms with Crippen molar-refractivity contribution in [1.29, 1.82) is 5.26 Å². The van der Waals surface area contributed by atoms with Crippen molar-refractivity contribution in [3.8, 4) is 22.7 Å². The number of amides is 1. The summed E-state index contributed by atoms with van der Waals surface area (Å²) in [7, 11) is 0. The van der Waals surface area contributed by atoms with Gasteiger partial charge in [-0.1, -0.05) is 6.07 Å². The fraction of sp³-hybridized carbons (Fsp3) is 0.400. The van der Waals surface area contributed by atoms with Gasteiger partial charge in [0.15, 0.2) is 0 Å². The summed E-state index contributed by atoms with van der Waals surface area (Å²) >= 11 is 1.67. The molecule has 1 fully saturated rings. The van der Waals surface area contributed by atoms with Gasteiger partial charge in [0.25, 0.3) is 5.91 Å². The third-order valence-electron chi connectivity index (χ3n) is 5.98. The maximum Gasteiger partial charge on any atom is 0.270 e. The zero-order chi connectivity index (χ0) is 25.3. The highest BCUT2D eigenvalue weighted by Crippen LogP contribution is 2.26. The quantitative estimate of drug-likeness (QED) is 0.352. The number of aliphatic hydroxyl groups is 1. The van der Waals surface area contributed by atoms with Gasteiger partial charge in [0.2, 0.25) is 5.88 Å². The molecule has 0 aliphatic carbocycles. The largest absolute Gasteiger partial charge is 0.477 e. The van der Waals surface area contributed by atoms with Crippen molar-refractivity contribution >= 4 is 22.9 Å². The Kier molecular flexibility index (Phi) is 8.78. The van der Waals surface area contributed by atoms with Gasteiger partial charge in [-0.05, 0) is 50.0 Å². The third-order valence-corrected chi connectivity index (χ3v) is 6.98. The number of hydrogen-bond donors (Lipinski definition) is 3. The standard InChI is InChI=1S/C25H29N7O3S/c26-13-19-20(27)12-22(31-24(19)35-11-3-10-33)23(34)29-14-17-5-8-32(9-6-17)16-18-15-30-25(36-18)21-4-1-2-7-28-21/h1-2,4,7,12,15,17,33H,3,5-6,8-11,14,16H2,(H2,27,31)(H,29,34). The van der Waals surface area contributed by atoms with Gasteiger partial charge in [0.05, 0.1) is 18.0 Å². The van der Waals surface area contributed by atoms with Crippen LogP contribution < -0.4 is 15.8 Å². The average Bonchev–Trinajstić information content (AvgIpc) is 3.37. The molecule has 0 spiro atoms. The molecule has 0 atom stereocenters. The number of nitrogen functional groups attached to an aromatic ring is 1. The lowest BCUT2D eigenvalue weighted by atomic mass is 9.96. The Hall–Kier alpha value is -3.59. The van der Waals surface area contributed by atoms with E-state index in [1.807, 2.05) is 30.5 Å². The molecule has 1 aliphatic heterocycles. The SMILES string of the molecule is N#Cc1c(N)cc(C(=O)NCC2CCN(Cc3cnc(-c4ccccn4)s3)CC2)nc1OCCCO. The van der Waals surface area contributed by atoms with Crippen molar-refractivity contribution in [2.24, 2.45) is 5.92 Å². The lowest BCUT2D eigenvalue weighted by Crippen LogP contribution is -2.38. The Balaban J connectivity index is 1.26. The van der Waals surface area contributed by atoms with Crippen LogP contribution >= 0.6 is 11.3 Å². The van der Waals surface area contributed by atoms with Crippen molar-refractivity contribution < 1.29 is 14.6 Å². The first-order chi connectivity index (χ1) is 17.6. The number of nitrogens with zero attached hydrogens (tertiary/aromatic N) is 5. The molecule has 4 N–H and O–H groups in total. The molecule has 0 radical (unpaired) electrons. The molecule has 1 aliphatic rings. The van der Waals surface area contributed by atoms with Crippen molar-refractivity contribution in [2.45, 2.75) is 25.8 Å². The molecule has 36 heavy (non-hydrogen) atoms. The predicted octanol–water partition coefficient (Wildman–Crippen LogP) is 2.46. The summed E-state index contributed by atoms with van der Waals surface area (Å²) in [4.78, 5) is 29.4. The van der Waals surface area contributed by atoms with Crippen LogP contribution in [0.3, 0.4) is 0 Å². The minimum absolute atomic E-state index is 0.0127. The number of aromatic nitrogens is 3. The van der Waals surface area contributed by atoms with E-state index in [0.29, 0.717) is 18.9 Å². The van der Waals surface area contributed by atoms with Crippen LogP contribution in [0, 0.1) is 17.2 Å². The first kappa shape index (κ1) is 25.5. The number of nitrogens with two attached hydrogens (primary N) is 1. The molecule has 3 aromatic heterocycles. The molecule has 0 unspecified atom stereocenters. The third kappa shape index (κ3) is 6.54. The van der Waals surface area contributed by atoms with E-state index in [-0.39, 0.29) is 41.9 Å². The summed E-state index contributed by atoms with van der Waals surface area (Å²) in [5.74, 6) is 0.0257. The molecule has 3 aromatic rings. The van der Waals surface area contributed by atoms with E-state index in [4.69, 9.17) is 15.6 Å². The number of hydrogen-bond acceptors (Lipinski definition) is 10. The maximum atomic E-state index is 12.7. The molecular weight excluding hydrogens is 478 g/mol. The van der Waals surface area contributed by atoms with Gasteiger partial charge in [-0.15, -0.1) is 11.3 Å². The first-order valence-corrected chi connectivity index (χ1v) is 12.7. The van der Waals surface area contributed by atoms with Crippen LogP contribution in [0.25, 0.3) is 10.7 Å². The zero-order valence-corrected chi connectivity index (χ0v) is 20.7. The summed E-state index contributed by atoms with van der Waals surface area (Å²) in [5.41, 5.74) is 7.17. The van der Waals surface area contributed by atoms with Crippen molar-refractivity contribution in [3.63, 3.8) is 0 Å². The first-order valence-electron chi connectivity index (χ1n) is 11.9. The molecule has 10 nitrogen and oxygen atoms in total. The minimum atomic E-state index is -0.354.